The molecule has 0 aliphatic rings. The second-order valence-electron chi connectivity index (χ2n) is 4.36. The summed E-state index contributed by atoms with van der Waals surface area (Å²) in [6.07, 6.45) is 0.162. The zero-order valence-electron chi connectivity index (χ0n) is 11.4. The van der Waals surface area contributed by atoms with Crippen molar-refractivity contribution in [1.82, 2.24) is 0 Å². The molecule has 5 heteroatoms. The van der Waals surface area contributed by atoms with E-state index in [1.807, 2.05) is 0 Å². The first-order valence-electron chi connectivity index (χ1n) is 6.29. The Kier molecular flexibility index (Phi) is 4.87. The first-order valence-corrected chi connectivity index (χ1v) is 6.29. The molecule has 0 fully saturated rings. The Morgan fingerprint density at radius 1 is 1.10 bits per heavy atom. The molecule has 0 aliphatic carbocycles. The van der Waals surface area contributed by atoms with Crippen LogP contribution in [0.3, 0.4) is 0 Å². The van der Waals surface area contributed by atoms with E-state index < -0.39 is 6.61 Å². The Morgan fingerprint density at radius 2 is 1.81 bits per heavy atom. The van der Waals surface area contributed by atoms with Gasteiger partial charge in [-0.15, -0.1) is 0 Å². The van der Waals surface area contributed by atoms with E-state index in [1.165, 1.54) is 18.2 Å². The van der Waals surface area contributed by atoms with Gasteiger partial charge in [0.25, 0.3) is 0 Å². The van der Waals surface area contributed by atoms with E-state index in [1.54, 1.807) is 37.4 Å². The van der Waals surface area contributed by atoms with Crippen molar-refractivity contribution in [3.63, 3.8) is 0 Å². The van der Waals surface area contributed by atoms with Crippen molar-refractivity contribution in [3.05, 3.63) is 59.7 Å². The van der Waals surface area contributed by atoms with Crippen molar-refractivity contribution in [2.75, 3.05) is 7.11 Å². The summed E-state index contributed by atoms with van der Waals surface area (Å²) in [5, 5.41) is 0. The Bertz CT molecular complexity index is 626. The van der Waals surface area contributed by atoms with Crippen LogP contribution in [0.2, 0.25) is 0 Å². The van der Waals surface area contributed by atoms with E-state index in [0.717, 1.165) is 5.56 Å². The minimum absolute atomic E-state index is 0.0264. The molecule has 0 bridgehead atoms. The van der Waals surface area contributed by atoms with Crippen molar-refractivity contribution in [2.24, 2.45) is 0 Å². The molecule has 0 aliphatic heterocycles. The minimum Gasteiger partial charge on any atom is -0.497 e. The minimum atomic E-state index is -2.91. The largest absolute Gasteiger partial charge is 0.497 e. The lowest BCUT2D eigenvalue weighted by atomic mass is 10.0. The molecule has 0 atom stereocenters. The van der Waals surface area contributed by atoms with Gasteiger partial charge in [-0.2, -0.15) is 8.78 Å². The highest BCUT2D eigenvalue weighted by molar-refractivity contribution is 5.97. The highest BCUT2D eigenvalue weighted by atomic mass is 19.3. The molecule has 0 saturated heterocycles. The van der Waals surface area contributed by atoms with E-state index in [-0.39, 0.29) is 18.0 Å². The lowest BCUT2D eigenvalue weighted by molar-refractivity contribution is -0.0498. The smallest absolute Gasteiger partial charge is 0.387 e. The molecule has 2 aromatic rings. The van der Waals surface area contributed by atoms with Gasteiger partial charge in [-0.25, -0.2) is 0 Å². The van der Waals surface area contributed by atoms with Gasteiger partial charge in [0.15, 0.2) is 5.78 Å². The average Bonchev–Trinajstić information content (AvgIpc) is 2.47. The maximum atomic E-state index is 12.2. The number of carbonyl (C=O) groups is 1. The maximum absolute atomic E-state index is 12.2. The lowest BCUT2D eigenvalue weighted by Crippen LogP contribution is -2.06. The quantitative estimate of drug-likeness (QED) is 0.761. The van der Waals surface area contributed by atoms with Gasteiger partial charge >= 0.3 is 6.61 Å². The van der Waals surface area contributed by atoms with Gasteiger partial charge in [0.1, 0.15) is 11.5 Å². The number of halogens is 2. The van der Waals surface area contributed by atoms with E-state index >= 15 is 0 Å². The summed E-state index contributed by atoms with van der Waals surface area (Å²) in [4.78, 5) is 12.2. The number of hydrogen-bond donors (Lipinski definition) is 0. The third kappa shape index (κ3) is 4.27. The molecule has 0 radical (unpaired) electrons. The SMILES string of the molecule is COc1cccc(CC(=O)c2cccc(OC(F)F)c2)c1. The topological polar surface area (TPSA) is 35.5 Å². The van der Waals surface area contributed by atoms with Crippen LogP contribution >= 0.6 is 0 Å². The predicted molar refractivity (Wildman–Crippen MR) is 74.1 cm³/mol. The van der Waals surface area contributed by atoms with Crippen molar-refractivity contribution >= 4 is 5.78 Å². The number of ether oxygens (including phenoxy) is 2. The van der Waals surface area contributed by atoms with Gasteiger partial charge < -0.3 is 9.47 Å². The molecule has 0 amide bonds. The average molecular weight is 292 g/mol. The second-order valence-corrected chi connectivity index (χ2v) is 4.36. The fourth-order valence-electron chi connectivity index (χ4n) is 1.92. The van der Waals surface area contributed by atoms with Gasteiger partial charge in [0.05, 0.1) is 7.11 Å². The normalized spacial score (nSPS) is 10.5. The van der Waals surface area contributed by atoms with Crippen molar-refractivity contribution in [2.45, 2.75) is 13.0 Å². The first kappa shape index (κ1) is 15.0. The van der Waals surface area contributed by atoms with Crippen molar-refractivity contribution in [1.29, 1.82) is 0 Å². The van der Waals surface area contributed by atoms with Gasteiger partial charge in [-0.05, 0) is 29.8 Å². The highest BCUT2D eigenvalue weighted by Gasteiger charge is 2.10. The molecule has 0 saturated carbocycles. The summed E-state index contributed by atoms with van der Waals surface area (Å²) in [6.45, 7) is -2.91. The van der Waals surface area contributed by atoms with Crippen LogP contribution in [0, 0.1) is 0 Å². The Morgan fingerprint density at radius 3 is 2.52 bits per heavy atom. The number of alkyl halides is 2. The molecule has 0 N–H and O–H groups in total. The Labute approximate surface area is 121 Å². The van der Waals surface area contributed by atoms with Crippen LogP contribution in [0.25, 0.3) is 0 Å². The van der Waals surface area contributed by atoms with Crippen LogP contribution in [-0.2, 0) is 6.42 Å². The van der Waals surface area contributed by atoms with Gasteiger partial charge in [-0.1, -0.05) is 24.3 Å². The summed E-state index contributed by atoms with van der Waals surface area (Å²) in [6, 6.07) is 12.9. The highest BCUT2D eigenvalue weighted by Crippen LogP contribution is 2.19. The molecule has 2 rings (SSSR count). The lowest BCUT2D eigenvalue weighted by Gasteiger charge is -2.07. The zero-order valence-corrected chi connectivity index (χ0v) is 11.4. The van der Waals surface area contributed by atoms with E-state index in [0.29, 0.717) is 11.3 Å². The molecular weight excluding hydrogens is 278 g/mol. The van der Waals surface area contributed by atoms with Gasteiger partial charge in [0, 0.05) is 12.0 Å². The molecule has 0 aromatic heterocycles. The third-order valence-corrected chi connectivity index (χ3v) is 2.88. The molecule has 110 valence electrons. The molecule has 0 unspecified atom stereocenters. The zero-order chi connectivity index (χ0) is 15.2. The summed E-state index contributed by atoms with van der Waals surface area (Å²) >= 11 is 0. The van der Waals surface area contributed by atoms with Gasteiger partial charge in [-0.3, -0.25) is 4.79 Å². The molecule has 2 aromatic carbocycles. The van der Waals surface area contributed by atoms with Crippen LogP contribution < -0.4 is 9.47 Å². The van der Waals surface area contributed by atoms with Crippen LogP contribution in [0.4, 0.5) is 8.78 Å². The summed E-state index contributed by atoms with van der Waals surface area (Å²) < 4.78 is 33.7. The Balaban J connectivity index is 2.12. The van der Waals surface area contributed by atoms with Crippen LogP contribution in [-0.4, -0.2) is 19.5 Å². The first-order chi connectivity index (χ1) is 10.1. The van der Waals surface area contributed by atoms with Crippen molar-refractivity contribution < 1.29 is 23.0 Å². The maximum Gasteiger partial charge on any atom is 0.387 e. The molecule has 21 heavy (non-hydrogen) atoms. The van der Waals surface area contributed by atoms with Crippen LogP contribution in [0.15, 0.2) is 48.5 Å². The summed E-state index contributed by atoms with van der Waals surface area (Å²) in [5.41, 5.74) is 1.12. The van der Waals surface area contributed by atoms with Crippen LogP contribution in [0.5, 0.6) is 11.5 Å². The number of Topliss-reactive ketones (excluding diaryl/α,β-unsaturated/α-hetero) is 1. The Hall–Kier alpha value is -2.43. The standard InChI is InChI=1S/C16H14F2O3/c1-20-13-6-2-4-11(8-13)9-15(19)12-5-3-7-14(10-12)21-16(17)18/h2-8,10,16H,9H2,1H3. The van der Waals surface area contributed by atoms with E-state index in [9.17, 15) is 13.6 Å². The second kappa shape index (κ2) is 6.83. The molecular formula is C16H14F2O3. The summed E-state index contributed by atoms with van der Waals surface area (Å²) in [5.74, 6) is 0.458. The van der Waals surface area contributed by atoms with Gasteiger partial charge in [0.2, 0.25) is 0 Å². The molecule has 3 nitrogen and oxygen atoms in total. The molecule has 0 spiro atoms. The summed E-state index contributed by atoms with van der Waals surface area (Å²) in [7, 11) is 1.55. The number of carbonyl (C=O) groups excluding carboxylic acids is 1. The number of ketones is 1. The third-order valence-electron chi connectivity index (χ3n) is 2.88. The fourth-order valence-corrected chi connectivity index (χ4v) is 1.92. The number of methoxy groups -OCH3 is 1. The number of hydrogen-bond acceptors (Lipinski definition) is 3. The van der Waals surface area contributed by atoms with Crippen molar-refractivity contribution in [3.8, 4) is 11.5 Å². The molecule has 0 heterocycles. The number of rotatable bonds is 6. The van der Waals surface area contributed by atoms with Crippen LogP contribution in [0.1, 0.15) is 15.9 Å². The predicted octanol–water partition coefficient (Wildman–Crippen LogP) is 3.72. The fraction of sp³-hybridized carbons (Fsp3) is 0.188. The monoisotopic (exact) mass is 292 g/mol. The van der Waals surface area contributed by atoms with E-state index in [2.05, 4.69) is 4.74 Å². The number of benzene rings is 2. The van der Waals surface area contributed by atoms with E-state index in [4.69, 9.17) is 4.74 Å².